The van der Waals surface area contributed by atoms with Gasteiger partial charge in [-0.25, -0.2) is 0 Å². The summed E-state index contributed by atoms with van der Waals surface area (Å²) in [6, 6.07) is 0. The van der Waals surface area contributed by atoms with Crippen molar-refractivity contribution in [2.45, 2.75) is 103 Å². The van der Waals surface area contributed by atoms with Crippen LogP contribution in [-0.4, -0.2) is 18.0 Å². The van der Waals surface area contributed by atoms with Crippen LogP contribution in [0.3, 0.4) is 0 Å². The molecule has 1 N–H and O–H groups in total. The van der Waals surface area contributed by atoms with E-state index in [2.05, 4.69) is 6.92 Å². The van der Waals surface area contributed by atoms with Crippen molar-refractivity contribution < 1.29 is 9.90 Å². The first-order valence-electron chi connectivity index (χ1n) is 9.41. The van der Waals surface area contributed by atoms with Gasteiger partial charge in [0.25, 0.3) is 0 Å². The summed E-state index contributed by atoms with van der Waals surface area (Å²) in [5, 5.41) is 8.70. The van der Waals surface area contributed by atoms with Crippen LogP contribution in [-0.2, 0) is 4.79 Å². The number of aldehydes is 1. The van der Waals surface area contributed by atoms with Gasteiger partial charge in [0.15, 0.2) is 0 Å². The lowest BCUT2D eigenvalue weighted by molar-refractivity contribution is -0.111. The minimum absolute atomic E-state index is 0.304. The van der Waals surface area contributed by atoms with E-state index >= 15 is 0 Å². The van der Waals surface area contributed by atoms with E-state index in [-0.39, 0.29) is 0 Å². The number of aliphatic hydroxyl groups is 1. The summed E-state index contributed by atoms with van der Waals surface area (Å²) in [6.45, 7) is 2.58. The van der Waals surface area contributed by atoms with Gasteiger partial charge in [-0.05, 0) is 19.3 Å². The molecule has 0 aliphatic heterocycles. The average molecular weight is 299 g/mol. The molecule has 0 amide bonds. The Morgan fingerprint density at radius 1 is 0.714 bits per heavy atom. The van der Waals surface area contributed by atoms with Crippen LogP contribution < -0.4 is 0 Å². The molecule has 0 heterocycles. The second-order valence-corrected chi connectivity index (χ2v) is 6.44. The lowest BCUT2D eigenvalue weighted by Crippen LogP contribution is -2.02. The normalized spacial score (nSPS) is 12.5. The van der Waals surface area contributed by atoms with Crippen molar-refractivity contribution in [3.63, 3.8) is 0 Å². The van der Waals surface area contributed by atoms with E-state index in [0.29, 0.717) is 12.5 Å². The van der Waals surface area contributed by atoms with Gasteiger partial charge in [-0.1, -0.05) is 84.0 Å². The van der Waals surface area contributed by atoms with Gasteiger partial charge in [0.1, 0.15) is 6.29 Å². The fraction of sp³-hybridized carbons (Fsp3) is 0.947. The summed E-state index contributed by atoms with van der Waals surface area (Å²) < 4.78 is 0. The summed E-state index contributed by atoms with van der Waals surface area (Å²) >= 11 is 0. The number of carbonyl (C=O) groups is 1. The zero-order valence-corrected chi connectivity index (χ0v) is 14.3. The van der Waals surface area contributed by atoms with Gasteiger partial charge in [-0.2, -0.15) is 0 Å². The molecule has 0 bridgehead atoms. The first-order valence-corrected chi connectivity index (χ1v) is 9.41. The molecule has 0 aliphatic rings. The Kier molecular flexibility index (Phi) is 17.4. The van der Waals surface area contributed by atoms with Crippen LogP contribution in [0.4, 0.5) is 0 Å². The second-order valence-electron chi connectivity index (χ2n) is 6.44. The van der Waals surface area contributed by atoms with Crippen molar-refractivity contribution in [1.82, 2.24) is 0 Å². The zero-order valence-electron chi connectivity index (χ0n) is 14.3. The first kappa shape index (κ1) is 20.6. The van der Waals surface area contributed by atoms with Gasteiger partial charge in [-0.3, -0.25) is 0 Å². The third-order valence-electron chi connectivity index (χ3n) is 4.35. The molecule has 0 spiro atoms. The molecule has 0 aromatic heterocycles. The monoisotopic (exact) mass is 298 g/mol. The highest BCUT2D eigenvalue weighted by molar-refractivity contribution is 5.53. The fourth-order valence-electron chi connectivity index (χ4n) is 2.87. The molecule has 21 heavy (non-hydrogen) atoms. The molecule has 1 atom stereocenters. The van der Waals surface area contributed by atoms with E-state index in [9.17, 15) is 4.79 Å². The molecule has 0 rings (SSSR count). The van der Waals surface area contributed by atoms with Crippen LogP contribution >= 0.6 is 0 Å². The molecule has 0 radical (unpaired) electrons. The van der Waals surface area contributed by atoms with Crippen LogP contribution in [0.5, 0.6) is 0 Å². The molecule has 0 aromatic carbocycles. The highest BCUT2D eigenvalue weighted by Gasteiger charge is 2.06. The Morgan fingerprint density at radius 3 is 1.57 bits per heavy atom. The first-order chi connectivity index (χ1) is 10.3. The summed E-state index contributed by atoms with van der Waals surface area (Å²) in [7, 11) is 0. The quantitative estimate of drug-likeness (QED) is 0.278. The highest BCUT2D eigenvalue weighted by atomic mass is 16.2. The lowest BCUT2D eigenvalue weighted by atomic mass is 9.95. The Bertz CT molecular complexity index is 186. The van der Waals surface area contributed by atoms with Crippen molar-refractivity contribution in [2.24, 2.45) is 5.92 Å². The van der Waals surface area contributed by atoms with Crippen LogP contribution in [0.1, 0.15) is 103 Å². The maximum atomic E-state index is 11.1. The van der Waals surface area contributed by atoms with E-state index in [1.54, 1.807) is 0 Å². The molecule has 0 saturated carbocycles. The van der Waals surface area contributed by atoms with Crippen molar-refractivity contribution in [3.05, 3.63) is 0 Å². The third kappa shape index (κ3) is 15.8. The summed E-state index contributed by atoms with van der Waals surface area (Å²) in [6.07, 6.45) is 19.7. The van der Waals surface area contributed by atoms with E-state index in [1.807, 2.05) is 0 Å². The van der Waals surface area contributed by atoms with Gasteiger partial charge in [0.05, 0.1) is 0 Å². The van der Waals surface area contributed by atoms with Crippen molar-refractivity contribution in [2.75, 3.05) is 6.61 Å². The van der Waals surface area contributed by atoms with Crippen molar-refractivity contribution in [1.29, 1.82) is 0 Å². The van der Waals surface area contributed by atoms with Gasteiger partial charge < -0.3 is 9.90 Å². The molecule has 0 aromatic rings. The number of hydrogen-bond acceptors (Lipinski definition) is 2. The molecular weight excluding hydrogens is 260 g/mol. The van der Waals surface area contributed by atoms with E-state index < -0.39 is 0 Å². The number of hydrogen-bond donors (Lipinski definition) is 1. The summed E-state index contributed by atoms with van der Waals surface area (Å²) in [5.74, 6) is 0.304. The number of unbranched alkanes of at least 4 members (excludes halogenated alkanes) is 11. The maximum absolute atomic E-state index is 11.1. The predicted molar refractivity (Wildman–Crippen MR) is 91.6 cm³/mol. The van der Waals surface area contributed by atoms with Crippen LogP contribution in [0.2, 0.25) is 0 Å². The summed E-state index contributed by atoms with van der Waals surface area (Å²) in [5.41, 5.74) is 0. The second kappa shape index (κ2) is 17.7. The minimum Gasteiger partial charge on any atom is -0.396 e. The SMILES string of the molecule is CCCCCCCCCC(C=O)CCCCCCCCO. The van der Waals surface area contributed by atoms with Crippen molar-refractivity contribution in [3.8, 4) is 0 Å². The minimum atomic E-state index is 0.304. The third-order valence-corrected chi connectivity index (χ3v) is 4.35. The van der Waals surface area contributed by atoms with Crippen molar-refractivity contribution >= 4 is 6.29 Å². The maximum Gasteiger partial charge on any atom is 0.123 e. The Labute approximate surface area is 132 Å². The highest BCUT2D eigenvalue weighted by Crippen LogP contribution is 2.17. The molecule has 0 fully saturated rings. The molecule has 2 nitrogen and oxygen atoms in total. The standard InChI is InChI=1S/C19H38O2/c1-2-3-4-5-6-9-12-15-19(18-21)16-13-10-7-8-11-14-17-20/h18-20H,2-17H2,1H3. The van der Waals surface area contributed by atoms with E-state index in [1.165, 1.54) is 76.9 Å². The fourth-order valence-corrected chi connectivity index (χ4v) is 2.87. The molecule has 0 saturated heterocycles. The number of aliphatic hydroxyl groups excluding tert-OH is 1. The van der Waals surface area contributed by atoms with Gasteiger partial charge >= 0.3 is 0 Å². The van der Waals surface area contributed by atoms with Crippen LogP contribution in [0, 0.1) is 5.92 Å². The van der Waals surface area contributed by atoms with Crippen LogP contribution in [0.25, 0.3) is 0 Å². The smallest absolute Gasteiger partial charge is 0.123 e. The number of rotatable bonds is 17. The topological polar surface area (TPSA) is 37.3 Å². The summed E-state index contributed by atoms with van der Waals surface area (Å²) in [4.78, 5) is 11.1. The zero-order chi connectivity index (χ0) is 15.6. The van der Waals surface area contributed by atoms with Gasteiger partial charge in [0.2, 0.25) is 0 Å². The molecule has 2 heteroatoms. The molecule has 0 aliphatic carbocycles. The Balaban J connectivity index is 3.31. The van der Waals surface area contributed by atoms with Gasteiger partial charge in [-0.15, -0.1) is 0 Å². The Morgan fingerprint density at radius 2 is 1.14 bits per heavy atom. The molecule has 126 valence electrons. The predicted octanol–water partition coefficient (Wildman–Crippen LogP) is 5.67. The average Bonchev–Trinajstić information content (AvgIpc) is 2.51. The number of carbonyl (C=O) groups excluding carboxylic acids is 1. The molecular formula is C19H38O2. The lowest BCUT2D eigenvalue weighted by Gasteiger charge is -2.10. The van der Waals surface area contributed by atoms with Crippen LogP contribution in [0.15, 0.2) is 0 Å². The van der Waals surface area contributed by atoms with Gasteiger partial charge in [0, 0.05) is 12.5 Å². The van der Waals surface area contributed by atoms with E-state index in [0.717, 1.165) is 25.7 Å². The Hall–Kier alpha value is -0.370. The van der Waals surface area contributed by atoms with E-state index in [4.69, 9.17) is 5.11 Å². The largest absolute Gasteiger partial charge is 0.396 e. The molecule has 1 unspecified atom stereocenters.